The standard InChI is InChI=1S/C28H27BrN4O2S/c1-17-14-22(18(2)32(17)20-9-7-8-19(29)15-20)27-26(23-10-5-6-13-30-23)31-28(36)33(27)24-12-11-21(34-3)16-25(24)35-4/h5-16,26-27H,1-4H3,(H,31,36)/t26-,27-/m1/s1. The van der Waals surface area contributed by atoms with Gasteiger partial charge in [0.15, 0.2) is 5.11 Å². The third-order valence-electron chi connectivity index (χ3n) is 6.60. The Morgan fingerprint density at radius 3 is 2.50 bits per heavy atom. The molecule has 0 unspecified atom stereocenters. The monoisotopic (exact) mass is 562 g/mol. The highest BCUT2D eigenvalue weighted by Gasteiger charge is 2.43. The number of benzene rings is 2. The van der Waals surface area contributed by atoms with E-state index in [9.17, 15) is 0 Å². The van der Waals surface area contributed by atoms with E-state index in [4.69, 9.17) is 21.7 Å². The van der Waals surface area contributed by atoms with Gasteiger partial charge in [-0.3, -0.25) is 4.98 Å². The van der Waals surface area contributed by atoms with Crippen LogP contribution in [0.2, 0.25) is 0 Å². The molecule has 8 heteroatoms. The molecule has 2 aromatic heterocycles. The van der Waals surface area contributed by atoms with Crippen molar-refractivity contribution in [1.82, 2.24) is 14.9 Å². The molecule has 6 nitrogen and oxygen atoms in total. The molecule has 0 radical (unpaired) electrons. The molecule has 5 rings (SSSR count). The Kier molecular flexibility index (Phi) is 6.73. The highest BCUT2D eigenvalue weighted by atomic mass is 79.9. The first-order valence-corrected chi connectivity index (χ1v) is 12.8. The maximum Gasteiger partial charge on any atom is 0.174 e. The number of hydrogen-bond acceptors (Lipinski definition) is 4. The molecule has 36 heavy (non-hydrogen) atoms. The van der Waals surface area contributed by atoms with Crippen molar-refractivity contribution in [1.29, 1.82) is 0 Å². The van der Waals surface area contributed by atoms with Crippen molar-refractivity contribution in [3.63, 3.8) is 0 Å². The Hall–Kier alpha value is -3.36. The molecule has 1 fully saturated rings. The molecule has 0 amide bonds. The summed E-state index contributed by atoms with van der Waals surface area (Å²) >= 11 is 9.54. The third kappa shape index (κ3) is 4.24. The van der Waals surface area contributed by atoms with Crippen molar-refractivity contribution in [3.8, 4) is 17.2 Å². The van der Waals surface area contributed by atoms with Gasteiger partial charge in [-0.05, 0) is 80.2 Å². The molecule has 184 valence electrons. The lowest BCUT2D eigenvalue weighted by atomic mass is 9.96. The van der Waals surface area contributed by atoms with Gasteiger partial charge in [-0.2, -0.15) is 0 Å². The predicted molar refractivity (Wildman–Crippen MR) is 150 cm³/mol. The zero-order chi connectivity index (χ0) is 25.4. The molecule has 1 aliphatic heterocycles. The molecule has 0 aliphatic carbocycles. The third-order valence-corrected chi connectivity index (χ3v) is 7.41. The number of nitrogens with zero attached hydrogens (tertiary/aromatic N) is 3. The van der Waals surface area contributed by atoms with Crippen LogP contribution in [0, 0.1) is 13.8 Å². The lowest BCUT2D eigenvalue weighted by Gasteiger charge is -2.29. The van der Waals surface area contributed by atoms with E-state index in [0.29, 0.717) is 10.9 Å². The number of aromatic nitrogens is 2. The summed E-state index contributed by atoms with van der Waals surface area (Å²) in [6.45, 7) is 4.29. The number of pyridine rings is 1. The molecule has 1 N–H and O–H groups in total. The van der Waals surface area contributed by atoms with Crippen molar-refractivity contribution in [2.75, 3.05) is 19.1 Å². The highest BCUT2D eigenvalue weighted by molar-refractivity contribution is 9.10. The molecule has 1 aliphatic rings. The van der Waals surface area contributed by atoms with Crippen LogP contribution in [0.3, 0.4) is 0 Å². The quantitative estimate of drug-likeness (QED) is 0.273. The highest BCUT2D eigenvalue weighted by Crippen LogP contribution is 2.46. The minimum atomic E-state index is -0.151. The zero-order valence-corrected chi connectivity index (χ0v) is 22.9. The minimum absolute atomic E-state index is 0.151. The van der Waals surface area contributed by atoms with Crippen LogP contribution < -0.4 is 19.7 Å². The van der Waals surface area contributed by atoms with Gasteiger partial charge >= 0.3 is 0 Å². The molecule has 0 bridgehead atoms. The summed E-state index contributed by atoms with van der Waals surface area (Å²) in [5.41, 5.74) is 6.33. The molecular weight excluding hydrogens is 536 g/mol. The van der Waals surface area contributed by atoms with E-state index in [1.165, 1.54) is 0 Å². The summed E-state index contributed by atoms with van der Waals surface area (Å²) in [7, 11) is 3.31. The van der Waals surface area contributed by atoms with Gasteiger partial charge in [-0.15, -0.1) is 0 Å². The summed E-state index contributed by atoms with van der Waals surface area (Å²) in [6.07, 6.45) is 1.82. The first kappa shape index (κ1) is 24.3. The Balaban J connectivity index is 1.70. The second-order valence-corrected chi connectivity index (χ2v) is 9.98. The van der Waals surface area contributed by atoms with Crippen LogP contribution in [0.15, 0.2) is 77.4 Å². The number of aryl methyl sites for hydroxylation is 1. The molecule has 0 spiro atoms. The van der Waals surface area contributed by atoms with Gasteiger partial charge in [0, 0.05) is 33.8 Å². The number of methoxy groups -OCH3 is 2. The Morgan fingerprint density at radius 1 is 0.972 bits per heavy atom. The SMILES string of the molecule is COc1ccc(N2C(=S)N[C@H](c3ccccn3)[C@H]2c2cc(C)n(-c3cccc(Br)c3)c2C)c(OC)c1. The maximum absolute atomic E-state index is 5.93. The van der Waals surface area contributed by atoms with E-state index in [-0.39, 0.29) is 12.1 Å². The number of thiocarbonyl (C=S) groups is 1. The lowest BCUT2D eigenvalue weighted by Crippen LogP contribution is -2.30. The van der Waals surface area contributed by atoms with Crippen LogP contribution in [-0.4, -0.2) is 28.9 Å². The van der Waals surface area contributed by atoms with E-state index in [1.54, 1.807) is 14.2 Å². The molecule has 2 aromatic carbocycles. The van der Waals surface area contributed by atoms with Crippen LogP contribution in [0.5, 0.6) is 11.5 Å². The molecule has 1 saturated heterocycles. The number of halogens is 1. The van der Waals surface area contributed by atoms with Crippen molar-refractivity contribution >= 4 is 38.9 Å². The Labute approximate surface area is 225 Å². The van der Waals surface area contributed by atoms with Gasteiger partial charge in [0.25, 0.3) is 0 Å². The smallest absolute Gasteiger partial charge is 0.174 e. The van der Waals surface area contributed by atoms with Crippen LogP contribution in [0.25, 0.3) is 5.69 Å². The van der Waals surface area contributed by atoms with Gasteiger partial charge in [0.05, 0.1) is 37.7 Å². The first-order chi connectivity index (χ1) is 17.4. The van der Waals surface area contributed by atoms with Gasteiger partial charge in [0.1, 0.15) is 11.5 Å². The molecule has 3 heterocycles. The number of hydrogen-bond donors (Lipinski definition) is 1. The van der Waals surface area contributed by atoms with E-state index >= 15 is 0 Å². The predicted octanol–water partition coefficient (Wildman–Crippen LogP) is 6.45. The van der Waals surface area contributed by atoms with E-state index in [1.807, 2.05) is 48.7 Å². The fourth-order valence-electron chi connectivity index (χ4n) is 5.01. The van der Waals surface area contributed by atoms with Gasteiger partial charge in [0.2, 0.25) is 0 Å². The summed E-state index contributed by atoms with van der Waals surface area (Å²) in [5.74, 6) is 1.41. The fraction of sp³-hybridized carbons (Fsp3) is 0.214. The maximum atomic E-state index is 5.93. The summed E-state index contributed by atoms with van der Waals surface area (Å²) in [5, 5.41) is 4.16. The van der Waals surface area contributed by atoms with E-state index in [0.717, 1.165) is 44.2 Å². The van der Waals surface area contributed by atoms with Crippen LogP contribution in [0.4, 0.5) is 5.69 Å². The second-order valence-electron chi connectivity index (χ2n) is 8.68. The lowest BCUT2D eigenvalue weighted by molar-refractivity contribution is 0.394. The van der Waals surface area contributed by atoms with Crippen LogP contribution >= 0.6 is 28.1 Å². The first-order valence-electron chi connectivity index (χ1n) is 11.6. The van der Waals surface area contributed by atoms with Crippen LogP contribution in [-0.2, 0) is 0 Å². The fourth-order valence-corrected chi connectivity index (χ4v) is 5.74. The molecule has 0 saturated carbocycles. The Bertz CT molecular complexity index is 1420. The summed E-state index contributed by atoms with van der Waals surface area (Å²) < 4.78 is 14.5. The summed E-state index contributed by atoms with van der Waals surface area (Å²) in [6, 6.07) is 22.0. The largest absolute Gasteiger partial charge is 0.497 e. The van der Waals surface area contributed by atoms with Crippen molar-refractivity contribution < 1.29 is 9.47 Å². The number of anilines is 1. The Morgan fingerprint density at radius 2 is 1.81 bits per heavy atom. The van der Waals surface area contributed by atoms with Crippen molar-refractivity contribution in [3.05, 3.63) is 100 Å². The number of ether oxygens (including phenoxy) is 2. The van der Waals surface area contributed by atoms with E-state index < -0.39 is 0 Å². The zero-order valence-electron chi connectivity index (χ0n) is 20.5. The second kappa shape index (κ2) is 9.95. The minimum Gasteiger partial charge on any atom is -0.497 e. The summed E-state index contributed by atoms with van der Waals surface area (Å²) in [4.78, 5) is 6.82. The topological polar surface area (TPSA) is 51.5 Å². The van der Waals surface area contributed by atoms with Crippen LogP contribution in [0.1, 0.15) is 34.7 Å². The number of nitrogens with one attached hydrogen (secondary N) is 1. The average Bonchev–Trinajstić information content (AvgIpc) is 3.38. The van der Waals surface area contributed by atoms with Gasteiger partial charge in [-0.25, -0.2) is 0 Å². The average molecular weight is 564 g/mol. The molecule has 2 atom stereocenters. The van der Waals surface area contributed by atoms with Crippen molar-refractivity contribution in [2.24, 2.45) is 0 Å². The molecular formula is C28H27BrN4O2S. The van der Waals surface area contributed by atoms with Gasteiger partial charge in [-0.1, -0.05) is 28.1 Å². The number of rotatable bonds is 6. The normalized spacial score (nSPS) is 17.2. The van der Waals surface area contributed by atoms with Crippen molar-refractivity contribution in [2.45, 2.75) is 25.9 Å². The van der Waals surface area contributed by atoms with E-state index in [2.05, 4.69) is 73.8 Å². The molecule has 4 aromatic rings. The van der Waals surface area contributed by atoms with Gasteiger partial charge < -0.3 is 24.3 Å².